The zero-order valence-corrected chi connectivity index (χ0v) is 10.5. The summed E-state index contributed by atoms with van der Waals surface area (Å²) in [6, 6.07) is 0. The zero-order valence-electron chi connectivity index (χ0n) is 10.5. The number of amides is 1. The van der Waals surface area contributed by atoms with E-state index in [0.29, 0.717) is 6.54 Å². The second-order valence-electron chi connectivity index (χ2n) is 4.84. The second kappa shape index (κ2) is 5.52. The quantitative estimate of drug-likeness (QED) is 0.546. The fraction of sp³-hybridized carbons (Fsp3) is 0.692. The van der Waals surface area contributed by atoms with E-state index < -0.39 is 23.9 Å². The van der Waals surface area contributed by atoms with Gasteiger partial charge in [0.15, 0.2) is 0 Å². The van der Waals surface area contributed by atoms with Gasteiger partial charge in [-0.1, -0.05) is 31.9 Å². The molecule has 0 aliphatic carbocycles. The first-order valence-electron chi connectivity index (χ1n) is 6.49. The number of ether oxygens (including phenoxy) is 1. The van der Waals surface area contributed by atoms with Crippen molar-refractivity contribution in [2.45, 2.75) is 38.4 Å². The molecule has 0 unspecified atom stereocenters. The van der Waals surface area contributed by atoms with Crippen LogP contribution in [-0.2, 0) is 14.3 Å². The highest BCUT2D eigenvalue weighted by molar-refractivity contribution is 5.87. The Bertz CT molecular complexity index is 366. The van der Waals surface area contributed by atoms with Gasteiger partial charge in [-0.25, -0.2) is 0 Å². The SMILES string of the molecule is CCCCCNC(=O)[C@H]1[C@@H](C(=O)O)[C@H]2C=C[C@@H]1O2. The van der Waals surface area contributed by atoms with Gasteiger partial charge in [-0.05, 0) is 6.42 Å². The van der Waals surface area contributed by atoms with Crippen LogP contribution in [0.2, 0.25) is 0 Å². The van der Waals surface area contributed by atoms with Crippen LogP contribution in [-0.4, -0.2) is 35.7 Å². The number of carboxylic acids is 1. The molecule has 0 aromatic carbocycles. The third kappa shape index (κ3) is 2.41. The number of fused-ring (bicyclic) bond motifs is 2. The smallest absolute Gasteiger partial charge is 0.310 e. The molecule has 2 aliphatic rings. The fourth-order valence-electron chi connectivity index (χ4n) is 2.62. The number of aliphatic carboxylic acids is 1. The van der Waals surface area contributed by atoms with E-state index in [0.717, 1.165) is 19.3 Å². The monoisotopic (exact) mass is 253 g/mol. The molecule has 5 heteroatoms. The first-order valence-corrected chi connectivity index (χ1v) is 6.49. The number of carbonyl (C=O) groups excluding carboxylic acids is 1. The standard InChI is InChI=1S/C13H19NO4/c1-2-3-4-7-14-12(15)10-8-5-6-9(18-8)11(10)13(16)17/h5-6,8-11H,2-4,7H2,1H3,(H,14,15)(H,16,17)/t8-,9+,10+,11-/m0/s1. The van der Waals surface area contributed by atoms with Crippen LogP contribution in [0.5, 0.6) is 0 Å². The predicted molar refractivity (Wildman–Crippen MR) is 65.0 cm³/mol. The second-order valence-corrected chi connectivity index (χ2v) is 4.84. The van der Waals surface area contributed by atoms with E-state index in [1.54, 1.807) is 12.2 Å². The largest absolute Gasteiger partial charge is 0.481 e. The Morgan fingerprint density at radius 3 is 2.50 bits per heavy atom. The van der Waals surface area contributed by atoms with Crippen molar-refractivity contribution in [1.82, 2.24) is 5.32 Å². The van der Waals surface area contributed by atoms with Gasteiger partial charge in [-0.2, -0.15) is 0 Å². The highest BCUT2D eigenvalue weighted by atomic mass is 16.5. The molecule has 2 heterocycles. The van der Waals surface area contributed by atoms with Gasteiger partial charge in [-0.15, -0.1) is 0 Å². The Balaban J connectivity index is 1.92. The molecule has 0 aromatic rings. The van der Waals surface area contributed by atoms with E-state index in [1.807, 2.05) is 0 Å². The highest BCUT2D eigenvalue weighted by Crippen LogP contribution is 2.39. The van der Waals surface area contributed by atoms with Gasteiger partial charge in [0, 0.05) is 6.54 Å². The maximum Gasteiger partial charge on any atom is 0.310 e. The van der Waals surface area contributed by atoms with Crippen LogP contribution < -0.4 is 5.32 Å². The normalized spacial score (nSPS) is 32.7. The Labute approximate surface area is 106 Å². The summed E-state index contributed by atoms with van der Waals surface area (Å²) >= 11 is 0. The lowest BCUT2D eigenvalue weighted by atomic mass is 9.82. The molecule has 2 N–H and O–H groups in total. The van der Waals surface area contributed by atoms with Gasteiger partial charge in [0.05, 0.1) is 18.1 Å². The van der Waals surface area contributed by atoms with Crippen molar-refractivity contribution >= 4 is 11.9 Å². The molecular weight excluding hydrogens is 234 g/mol. The molecule has 1 fully saturated rings. The Kier molecular flexibility index (Phi) is 4.01. The van der Waals surface area contributed by atoms with E-state index in [-0.39, 0.29) is 12.0 Å². The summed E-state index contributed by atoms with van der Waals surface area (Å²) in [5.74, 6) is -2.48. The minimum atomic E-state index is -0.958. The van der Waals surface area contributed by atoms with Crippen molar-refractivity contribution in [3.05, 3.63) is 12.2 Å². The van der Waals surface area contributed by atoms with Crippen LogP contribution in [0.25, 0.3) is 0 Å². The lowest BCUT2D eigenvalue weighted by Gasteiger charge is -2.20. The van der Waals surface area contributed by atoms with Crippen molar-refractivity contribution in [1.29, 1.82) is 0 Å². The summed E-state index contributed by atoms with van der Waals surface area (Å²) in [5, 5.41) is 12.0. The minimum absolute atomic E-state index is 0.199. The number of carbonyl (C=O) groups is 2. The first-order chi connectivity index (χ1) is 8.65. The van der Waals surface area contributed by atoms with E-state index in [9.17, 15) is 14.7 Å². The van der Waals surface area contributed by atoms with Crippen molar-refractivity contribution in [3.63, 3.8) is 0 Å². The van der Waals surface area contributed by atoms with Gasteiger partial charge >= 0.3 is 5.97 Å². The van der Waals surface area contributed by atoms with Gasteiger partial charge in [-0.3, -0.25) is 9.59 Å². The minimum Gasteiger partial charge on any atom is -0.481 e. The zero-order chi connectivity index (χ0) is 13.1. The van der Waals surface area contributed by atoms with Crippen LogP contribution in [0.15, 0.2) is 12.2 Å². The van der Waals surface area contributed by atoms with Crippen LogP contribution in [0.3, 0.4) is 0 Å². The third-order valence-corrected chi connectivity index (χ3v) is 3.57. The molecule has 0 radical (unpaired) electrons. The average Bonchev–Trinajstić information content (AvgIpc) is 2.94. The Morgan fingerprint density at radius 1 is 1.22 bits per heavy atom. The van der Waals surface area contributed by atoms with Crippen LogP contribution in [0.4, 0.5) is 0 Å². The Hall–Kier alpha value is -1.36. The number of nitrogens with one attached hydrogen (secondary N) is 1. The molecule has 2 aliphatic heterocycles. The topological polar surface area (TPSA) is 75.6 Å². The molecular formula is C13H19NO4. The molecule has 2 bridgehead atoms. The molecule has 4 atom stereocenters. The van der Waals surface area contributed by atoms with E-state index >= 15 is 0 Å². The first kappa shape index (κ1) is 13.1. The molecule has 0 saturated carbocycles. The van der Waals surface area contributed by atoms with Gasteiger partial charge in [0.1, 0.15) is 5.92 Å². The number of unbranched alkanes of at least 4 members (excludes halogenated alkanes) is 2. The molecule has 1 amide bonds. The molecule has 18 heavy (non-hydrogen) atoms. The number of hydrogen-bond donors (Lipinski definition) is 2. The highest BCUT2D eigenvalue weighted by Gasteiger charge is 2.52. The van der Waals surface area contributed by atoms with Crippen LogP contribution >= 0.6 is 0 Å². The summed E-state index contributed by atoms with van der Waals surface area (Å²) in [6.07, 6.45) is 5.80. The molecule has 2 rings (SSSR count). The summed E-state index contributed by atoms with van der Waals surface area (Å²) in [5.41, 5.74) is 0. The van der Waals surface area contributed by atoms with Crippen LogP contribution in [0.1, 0.15) is 26.2 Å². The fourth-order valence-corrected chi connectivity index (χ4v) is 2.62. The number of rotatable bonds is 6. The van der Waals surface area contributed by atoms with Gasteiger partial charge < -0.3 is 15.2 Å². The predicted octanol–water partition coefficient (Wildman–Crippen LogP) is 0.947. The molecule has 0 aromatic heterocycles. The molecule has 0 spiro atoms. The molecule has 100 valence electrons. The van der Waals surface area contributed by atoms with Gasteiger partial charge in [0.25, 0.3) is 0 Å². The van der Waals surface area contributed by atoms with E-state index in [1.165, 1.54) is 0 Å². The van der Waals surface area contributed by atoms with Crippen molar-refractivity contribution in [3.8, 4) is 0 Å². The summed E-state index contributed by atoms with van der Waals surface area (Å²) in [4.78, 5) is 23.2. The van der Waals surface area contributed by atoms with Crippen molar-refractivity contribution in [2.24, 2.45) is 11.8 Å². The average molecular weight is 253 g/mol. The Morgan fingerprint density at radius 2 is 1.89 bits per heavy atom. The lowest BCUT2D eigenvalue weighted by molar-refractivity contribution is -0.146. The van der Waals surface area contributed by atoms with Gasteiger partial charge in [0.2, 0.25) is 5.91 Å². The number of carboxylic acid groups (broad SMARTS) is 1. The number of hydrogen-bond acceptors (Lipinski definition) is 3. The molecule has 5 nitrogen and oxygen atoms in total. The maximum atomic E-state index is 12.0. The van der Waals surface area contributed by atoms with Crippen LogP contribution in [0, 0.1) is 11.8 Å². The van der Waals surface area contributed by atoms with Crippen molar-refractivity contribution < 1.29 is 19.4 Å². The lowest BCUT2D eigenvalue weighted by Crippen LogP contribution is -2.42. The summed E-state index contributed by atoms with van der Waals surface area (Å²) < 4.78 is 5.45. The van der Waals surface area contributed by atoms with E-state index in [2.05, 4.69) is 12.2 Å². The van der Waals surface area contributed by atoms with Crippen molar-refractivity contribution in [2.75, 3.05) is 6.54 Å². The maximum absolute atomic E-state index is 12.0. The van der Waals surface area contributed by atoms with E-state index in [4.69, 9.17) is 4.74 Å². The summed E-state index contributed by atoms with van der Waals surface area (Å²) in [6.45, 7) is 2.70. The third-order valence-electron chi connectivity index (χ3n) is 3.57. The summed E-state index contributed by atoms with van der Waals surface area (Å²) in [7, 11) is 0. The molecule has 1 saturated heterocycles.